The van der Waals surface area contributed by atoms with Crippen LogP contribution in [0.25, 0.3) is 0 Å². The lowest BCUT2D eigenvalue weighted by Gasteiger charge is -2.12. The maximum Gasteiger partial charge on any atom is 0.344 e. The Morgan fingerprint density at radius 3 is 2.50 bits per heavy atom. The van der Waals surface area contributed by atoms with Gasteiger partial charge in [-0.2, -0.15) is 0 Å². The van der Waals surface area contributed by atoms with Crippen LogP contribution < -0.4 is 4.74 Å². The van der Waals surface area contributed by atoms with E-state index in [9.17, 15) is 9.59 Å². The topological polar surface area (TPSA) is 75.0 Å². The summed E-state index contributed by atoms with van der Waals surface area (Å²) < 4.78 is 20.6. The van der Waals surface area contributed by atoms with Gasteiger partial charge in [0.05, 0.1) is 7.11 Å². The number of furan rings is 1. The lowest BCUT2D eigenvalue weighted by molar-refractivity contribution is -0.147. The van der Waals surface area contributed by atoms with Crippen LogP contribution in [0.4, 0.5) is 0 Å². The number of esters is 2. The number of ether oxygens (including phenoxy) is 3. The van der Waals surface area contributed by atoms with Crippen molar-refractivity contribution in [1.29, 1.82) is 0 Å². The molecular formula is C20H24O6. The van der Waals surface area contributed by atoms with Crippen LogP contribution in [0.2, 0.25) is 0 Å². The average molecular weight is 360 g/mol. The number of aryl methyl sites for hydroxylation is 2. The summed E-state index contributed by atoms with van der Waals surface area (Å²) in [4.78, 5) is 23.4. The molecule has 0 saturated carbocycles. The Hall–Kier alpha value is -2.76. The predicted octanol–water partition coefficient (Wildman–Crippen LogP) is 3.93. The monoisotopic (exact) mass is 360 g/mol. The van der Waals surface area contributed by atoms with E-state index in [4.69, 9.17) is 13.9 Å². The first-order chi connectivity index (χ1) is 12.3. The molecule has 0 bridgehead atoms. The van der Waals surface area contributed by atoms with E-state index >= 15 is 0 Å². The van der Waals surface area contributed by atoms with Gasteiger partial charge in [-0.25, -0.2) is 9.59 Å². The molecule has 1 aromatic carbocycles. The lowest BCUT2D eigenvalue weighted by atomic mass is 9.98. The molecule has 1 heterocycles. The first-order valence-corrected chi connectivity index (χ1v) is 8.38. The molecule has 1 aromatic heterocycles. The molecule has 0 unspecified atom stereocenters. The van der Waals surface area contributed by atoms with E-state index in [1.54, 1.807) is 6.92 Å². The fraction of sp³-hybridized carbons (Fsp3) is 0.400. The van der Waals surface area contributed by atoms with Gasteiger partial charge in [0.15, 0.2) is 6.61 Å². The van der Waals surface area contributed by atoms with Crippen molar-refractivity contribution in [2.75, 3.05) is 13.7 Å². The van der Waals surface area contributed by atoms with Crippen LogP contribution in [0.5, 0.6) is 5.75 Å². The number of methoxy groups -OCH3 is 1. The Morgan fingerprint density at radius 1 is 1.15 bits per heavy atom. The van der Waals surface area contributed by atoms with Crippen LogP contribution in [-0.2, 0) is 20.9 Å². The summed E-state index contributed by atoms with van der Waals surface area (Å²) in [6.07, 6.45) is 0. The summed E-state index contributed by atoms with van der Waals surface area (Å²) in [7, 11) is 1.29. The van der Waals surface area contributed by atoms with E-state index in [1.165, 1.54) is 18.7 Å². The van der Waals surface area contributed by atoms with E-state index in [-0.39, 0.29) is 13.2 Å². The van der Waals surface area contributed by atoms with Crippen LogP contribution in [0.1, 0.15) is 52.8 Å². The molecule has 0 aliphatic heterocycles. The smallest absolute Gasteiger partial charge is 0.344 e. The average Bonchev–Trinajstić information content (AvgIpc) is 2.98. The zero-order valence-corrected chi connectivity index (χ0v) is 15.8. The quantitative estimate of drug-likeness (QED) is 0.697. The minimum atomic E-state index is -0.524. The van der Waals surface area contributed by atoms with E-state index in [0.29, 0.717) is 28.8 Å². The molecule has 0 spiro atoms. The third kappa shape index (κ3) is 4.88. The summed E-state index contributed by atoms with van der Waals surface area (Å²) in [6.45, 7) is 7.63. The highest BCUT2D eigenvalue weighted by Crippen LogP contribution is 2.23. The van der Waals surface area contributed by atoms with Crippen LogP contribution in [0, 0.1) is 13.8 Å². The highest BCUT2D eigenvalue weighted by Gasteiger charge is 2.16. The summed E-state index contributed by atoms with van der Waals surface area (Å²) >= 11 is 0. The van der Waals surface area contributed by atoms with Crippen molar-refractivity contribution in [2.24, 2.45) is 0 Å². The minimum absolute atomic E-state index is 0.0780. The Bertz CT molecular complexity index is 788. The second-order valence-corrected chi connectivity index (χ2v) is 6.30. The molecular weight excluding hydrogens is 336 g/mol. The van der Waals surface area contributed by atoms with Gasteiger partial charge in [0.2, 0.25) is 0 Å². The highest BCUT2D eigenvalue weighted by atomic mass is 16.6. The Balaban J connectivity index is 1.86. The van der Waals surface area contributed by atoms with Gasteiger partial charge in [0, 0.05) is 0 Å². The minimum Gasteiger partial charge on any atom is -0.482 e. The van der Waals surface area contributed by atoms with E-state index in [0.717, 1.165) is 5.56 Å². The van der Waals surface area contributed by atoms with E-state index in [2.05, 4.69) is 18.6 Å². The molecule has 26 heavy (non-hydrogen) atoms. The Morgan fingerprint density at radius 2 is 1.88 bits per heavy atom. The van der Waals surface area contributed by atoms with Crippen LogP contribution in [-0.4, -0.2) is 25.7 Å². The number of benzene rings is 1. The van der Waals surface area contributed by atoms with Crippen molar-refractivity contribution >= 4 is 11.9 Å². The molecule has 0 fully saturated rings. The number of carbonyl (C=O) groups excluding carboxylic acids is 2. The highest BCUT2D eigenvalue weighted by molar-refractivity contribution is 5.90. The summed E-state index contributed by atoms with van der Waals surface area (Å²) in [5.74, 6) is 0.816. The number of carbonyl (C=O) groups is 2. The first kappa shape index (κ1) is 19.6. The second-order valence-electron chi connectivity index (χ2n) is 6.30. The summed E-state index contributed by atoms with van der Waals surface area (Å²) in [6, 6.07) is 7.25. The van der Waals surface area contributed by atoms with Gasteiger partial charge in [0.1, 0.15) is 29.4 Å². The molecule has 0 atom stereocenters. The van der Waals surface area contributed by atoms with Crippen molar-refractivity contribution < 1.29 is 28.2 Å². The number of hydrogen-bond donors (Lipinski definition) is 0. The maximum absolute atomic E-state index is 11.9. The van der Waals surface area contributed by atoms with Crippen molar-refractivity contribution in [3.05, 3.63) is 52.5 Å². The molecule has 2 rings (SSSR count). The van der Waals surface area contributed by atoms with Crippen molar-refractivity contribution in [2.45, 2.75) is 40.2 Å². The van der Waals surface area contributed by atoms with Gasteiger partial charge < -0.3 is 18.6 Å². The molecule has 2 aromatic rings. The molecule has 0 radical (unpaired) electrons. The van der Waals surface area contributed by atoms with Gasteiger partial charge in [0.25, 0.3) is 0 Å². The van der Waals surface area contributed by atoms with Gasteiger partial charge in [-0.15, -0.1) is 0 Å². The molecule has 140 valence electrons. The van der Waals surface area contributed by atoms with Gasteiger partial charge in [-0.3, -0.25) is 0 Å². The lowest BCUT2D eigenvalue weighted by Crippen LogP contribution is -2.14. The van der Waals surface area contributed by atoms with Gasteiger partial charge in [-0.1, -0.05) is 19.9 Å². The molecule has 0 N–H and O–H groups in total. The Kier molecular flexibility index (Phi) is 6.44. The van der Waals surface area contributed by atoms with Crippen molar-refractivity contribution in [3.63, 3.8) is 0 Å². The zero-order chi connectivity index (χ0) is 19.3. The fourth-order valence-electron chi connectivity index (χ4n) is 2.65. The van der Waals surface area contributed by atoms with Gasteiger partial charge >= 0.3 is 11.9 Å². The molecule has 0 aliphatic rings. The number of hydrogen-bond acceptors (Lipinski definition) is 6. The molecule has 0 saturated heterocycles. The van der Waals surface area contributed by atoms with Gasteiger partial charge in [-0.05, 0) is 49.1 Å². The largest absolute Gasteiger partial charge is 0.482 e. The maximum atomic E-state index is 11.9. The molecule has 0 amide bonds. The van der Waals surface area contributed by atoms with E-state index in [1.807, 2.05) is 25.1 Å². The van der Waals surface area contributed by atoms with Crippen molar-refractivity contribution in [3.8, 4) is 5.75 Å². The van der Waals surface area contributed by atoms with Crippen LogP contribution in [0.15, 0.2) is 28.7 Å². The van der Waals surface area contributed by atoms with Crippen molar-refractivity contribution in [1.82, 2.24) is 0 Å². The molecule has 6 nitrogen and oxygen atoms in total. The van der Waals surface area contributed by atoms with Crippen LogP contribution in [0.3, 0.4) is 0 Å². The summed E-state index contributed by atoms with van der Waals surface area (Å²) in [5, 5.41) is 0. The first-order valence-electron chi connectivity index (χ1n) is 8.38. The normalized spacial score (nSPS) is 10.7. The SMILES string of the molecule is COC(=O)c1cc(COC(=O)COc2ccc(C(C)C)c(C)c2)oc1C. The molecule has 6 heteroatoms. The Labute approximate surface area is 153 Å². The predicted molar refractivity (Wildman–Crippen MR) is 95.3 cm³/mol. The summed E-state index contributed by atoms with van der Waals surface area (Å²) in [5.41, 5.74) is 2.68. The zero-order valence-electron chi connectivity index (χ0n) is 15.8. The fourth-order valence-corrected chi connectivity index (χ4v) is 2.65. The third-order valence-electron chi connectivity index (χ3n) is 3.97. The number of rotatable bonds is 7. The third-order valence-corrected chi connectivity index (χ3v) is 3.97. The van der Waals surface area contributed by atoms with E-state index < -0.39 is 11.9 Å². The second kappa shape index (κ2) is 8.56. The molecule has 0 aliphatic carbocycles. The standard InChI is InChI=1S/C20H24O6/c1-12(2)17-7-6-15(8-13(17)3)24-11-19(21)25-10-16-9-18(14(4)26-16)20(22)23-5/h6-9,12H,10-11H2,1-5H3. The van der Waals surface area contributed by atoms with Crippen LogP contribution >= 0.6 is 0 Å².